The third kappa shape index (κ3) is 4.76. The molecule has 0 atom stereocenters. The summed E-state index contributed by atoms with van der Waals surface area (Å²) in [5, 5.41) is 4.24. The molecule has 140 valence electrons. The van der Waals surface area contributed by atoms with Crippen LogP contribution in [0.1, 0.15) is 15.2 Å². The van der Waals surface area contributed by atoms with E-state index in [2.05, 4.69) is 10.0 Å². The summed E-state index contributed by atoms with van der Waals surface area (Å²) in [6, 6.07) is 12.0. The quantitative estimate of drug-likeness (QED) is 0.652. The molecule has 0 bridgehead atoms. The number of nitrogens with one attached hydrogen (secondary N) is 2. The standard InChI is InChI=1S/C18H14F2N2O3S2/c19-16-7-6-13(10-17(16)20)22-18(23)12-3-1-5-15(9-12)27(24,25)21-11-14-4-2-8-26-14/h1-10,21H,11H2,(H,22,23). The molecule has 1 aromatic heterocycles. The summed E-state index contributed by atoms with van der Waals surface area (Å²) in [6.07, 6.45) is 0. The molecule has 1 heterocycles. The maximum Gasteiger partial charge on any atom is 0.255 e. The molecule has 0 fully saturated rings. The Hall–Kier alpha value is -2.62. The number of hydrogen-bond acceptors (Lipinski definition) is 4. The summed E-state index contributed by atoms with van der Waals surface area (Å²) >= 11 is 1.42. The Bertz CT molecular complexity index is 1070. The molecule has 0 aliphatic heterocycles. The van der Waals surface area contributed by atoms with Gasteiger partial charge in [0.25, 0.3) is 5.91 Å². The molecule has 9 heteroatoms. The van der Waals surface area contributed by atoms with Gasteiger partial charge in [-0.3, -0.25) is 4.79 Å². The minimum absolute atomic E-state index is 0.0583. The number of carbonyl (C=O) groups is 1. The van der Waals surface area contributed by atoms with Crippen molar-refractivity contribution in [1.82, 2.24) is 4.72 Å². The maximum atomic E-state index is 13.2. The predicted octanol–water partition coefficient (Wildman–Crippen LogP) is 3.76. The summed E-state index contributed by atoms with van der Waals surface area (Å²) in [4.78, 5) is 13.1. The lowest BCUT2D eigenvalue weighted by atomic mass is 10.2. The highest BCUT2D eigenvalue weighted by Gasteiger charge is 2.17. The van der Waals surface area contributed by atoms with E-state index in [0.29, 0.717) is 0 Å². The van der Waals surface area contributed by atoms with Crippen molar-refractivity contribution in [3.63, 3.8) is 0 Å². The van der Waals surface area contributed by atoms with Crippen molar-refractivity contribution in [2.75, 3.05) is 5.32 Å². The van der Waals surface area contributed by atoms with Gasteiger partial charge in [-0.15, -0.1) is 11.3 Å². The second-order valence-corrected chi connectivity index (χ2v) is 8.31. The average molecular weight is 408 g/mol. The Morgan fingerprint density at radius 2 is 1.81 bits per heavy atom. The molecule has 0 unspecified atom stereocenters. The Balaban J connectivity index is 1.75. The van der Waals surface area contributed by atoms with Crippen LogP contribution in [0.3, 0.4) is 0 Å². The van der Waals surface area contributed by atoms with Gasteiger partial charge in [0.2, 0.25) is 10.0 Å². The van der Waals surface area contributed by atoms with Crippen LogP contribution in [0.15, 0.2) is 64.9 Å². The highest BCUT2D eigenvalue weighted by molar-refractivity contribution is 7.89. The molecule has 2 N–H and O–H groups in total. The third-order valence-corrected chi connectivity index (χ3v) is 5.88. The molecule has 3 rings (SSSR count). The van der Waals surface area contributed by atoms with E-state index in [1.807, 2.05) is 11.4 Å². The largest absolute Gasteiger partial charge is 0.322 e. The second-order valence-electron chi connectivity index (χ2n) is 5.51. The Morgan fingerprint density at radius 1 is 1.00 bits per heavy atom. The number of carbonyl (C=O) groups excluding carboxylic acids is 1. The molecule has 2 aromatic carbocycles. The SMILES string of the molecule is O=C(Nc1ccc(F)c(F)c1)c1cccc(S(=O)(=O)NCc2cccs2)c1. The average Bonchev–Trinajstić information content (AvgIpc) is 3.17. The molecule has 0 saturated carbocycles. The van der Waals surface area contributed by atoms with Crippen LogP contribution in [-0.2, 0) is 16.6 Å². The van der Waals surface area contributed by atoms with Crippen molar-refractivity contribution in [1.29, 1.82) is 0 Å². The number of halogens is 2. The van der Waals surface area contributed by atoms with Crippen LogP contribution in [0, 0.1) is 11.6 Å². The highest BCUT2D eigenvalue weighted by Crippen LogP contribution is 2.17. The van der Waals surface area contributed by atoms with E-state index in [0.717, 1.165) is 17.0 Å². The molecular formula is C18H14F2N2O3S2. The molecule has 1 amide bonds. The molecule has 0 saturated heterocycles. The summed E-state index contributed by atoms with van der Waals surface area (Å²) in [6.45, 7) is 0.144. The summed E-state index contributed by atoms with van der Waals surface area (Å²) in [7, 11) is -3.81. The zero-order valence-electron chi connectivity index (χ0n) is 13.8. The van der Waals surface area contributed by atoms with Gasteiger partial charge in [-0.2, -0.15) is 0 Å². The number of hydrogen-bond donors (Lipinski definition) is 2. The fourth-order valence-electron chi connectivity index (χ4n) is 2.24. The van der Waals surface area contributed by atoms with E-state index < -0.39 is 27.6 Å². The van der Waals surface area contributed by atoms with Gasteiger partial charge < -0.3 is 5.32 Å². The van der Waals surface area contributed by atoms with E-state index >= 15 is 0 Å². The zero-order chi connectivity index (χ0) is 19.4. The molecular weight excluding hydrogens is 394 g/mol. The smallest absolute Gasteiger partial charge is 0.255 e. The highest BCUT2D eigenvalue weighted by atomic mass is 32.2. The Morgan fingerprint density at radius 3 is 2.52 bits per heavy atom. The van der Waals surface area contributed by atoms with Crippen LogP contribution in [0.25, 0.3) is 0 Å². The van der Waals surface area contributed by atoms with Gasteiger partial charge in [-0.25, -0.2) is 21.9 Å². The van der Waals surface area contributed by atoms with Gasteiger partial charge in [0, 0.05) is 28.7 Å². The summed E-state index contributed by atoms with van der Waals surface area (Å²) in [5.41, 5.74) is 0.127. The van der Waals surface area contributed by atoms with Crippen molar-refractivity contribution in [3.8, 4) is 0 Å². The molecule has 0 aliphatic rings. The Kier molecular flexibility index (Phi) is 5.64. The van der Waals surface area contributed by atoms with Crippen molar-refractivity contribution in [2.24, 2.45) is 0 Å². The van der Waals surface area contributed by atoms with E-state index in [1.54, 1.807) is 6.07 Å². The van der Waals surface area contributed by atoms with E-state index in [1.165, 1.54) is 41.7 Å². The molecule has 27 heavy (non-hydrogen) atoms. The lowest BCUT2D eigenvalue weighted by Crippen LogP contribution is -2.23. The summed E-state index contributed by atoms with van der Waals surface area (Å²) in [5.74, 6) is -2.77. The number of sulfonamides is 1. The zero-order valence-corrected chi connectivity index (χ0v) is 15.4. The van der Waals surface area contributed by atoms with E-state index in [9.17, 15) is 22.0 Å². The molecule has 0 aliphatic carbocycles. The lowest BCUT2D eigenvalue weighted by Gasteiger charge is -2.09. The maximum absolute atomic E-state index is 13.2. The van der Waals surface area contributed by atoms with Crippen molar-refractivity contribution in [3.05, 3.63) is 82.1 Å². The van der Waals surface area contributed by atoms with Gasteiger partial charge in [0.15, 0.2) is 11.6 Å². The third-order valence-electron chi connectivity index (χ3n) is 3.60. The van der Waals surface area contributed by atoms with Gasteiger partial charge in [-0.05, 0) is 41.8 Å². The number of anilines is 1. The predicted molar refractivity (Wildman–Crippen MR) is 99.1 cm³/mol. The minimum Gasteiger partial charge on any atom is -0.322 e. The first-order valence-corrected chi connectivity index (χ1v) is 10.1. The van der Waals surface area contributed by atoms with Crippen LogP contribution in [0.2, 0.25) is 0 Å². The monoisotopic (exact) mass is 408 g/mol. The van der Waals surface area contributed by atoms with E-state index in [4.69, 9.17) is 0 Å². The molecule has 3 aromatic rings. The topological polar surface area (TPSA) is 75.3 Å². The van der Waals surface area contributed by atoms with Crippen molar-refractivity contribution >= 4 is 33.0 Å². The molecule has 0 spiro atoms. The first kappa shape index (κ1) is 19.2. The number of thiophene rings is 1. The van der Waals surface area contributed by atoms with Gasteiger partial charge in [-0.1, -0.05) is 12.1 Å². The number of benzene rings is 2. The minimum atomic E-state index is -3.81. The first-order chi connectivity index (χ1) is 12.8. The van der Waals surface area contributed by atoms with Crippen molar-refractivity contribution in [2.45, 2.75) is 11.4 Å². The fraction of sp³-hybridized carbons (Fsp3) is 0.0556. The van der Waals surface area contributed by atoms with Crippen LogP contribution in [-0.4, -0.2) is 14.3 Å². The van der Waals surface area contributed by atoms with Crippen LogP contribution in [0.5, 0.6) is 0 Å². The Labute approximate surface area is 158 Å². The van der Waals surface area contributed by atoms with Gasteiger partial charge in [0.1, 0.15) is 0 Å². The van der Waals surface area contributed by atoms with Crippen LogP contribution >= 0.6 is 11.3 Å². The first-order valence-electron chi connectivity index (χ1n) is 7.74. The normalized spacial score (nSPS) is 11.3. The molecule has 5 nitrogen and oxygen atoms in total. The molecule has 0 radical (unpaired) electrons. The number of rotatable bonds is 6. The van der Waals surface area contributed by atoms with Crippen LogP contribution < -0.4 is 10.0 Å². The van der Waals surface area contributed by atoms with Crippen LogP contribution in [0.4, 0.5) is 14.5 Å². The lowest BCUT2D eigenvalue weighted by molar-refractivity contribution is 0.102. The number of amides is 1. The van der Waals surface area contributed by atoms with Crippen molar-refractivity contribution < 1.29 is 22.0 Å². The van der Waals surface area contributed by atoms with E-state index in [-0.39, 0.29) is 22.7 Å². The van der Waals surface area contributed by atoms with Gasteiger partial charge >= 0.3 is 0 Å². The van der Waals surface area contributed by atoms with Gasteiger partial charge in [0.05, 0.1) is 4.90 Å². The fourth-order valence-corrected chi connectivity index (χ4v) is 4.03. The second kappa shape index (κ2) is 7.95. The summed E-state index contributed by atoms with van der Waals surface area (Å²) < 4.78 is 53.5.